The van der Waals surface area contributed by atoms with Gasteiger partial charge in [-0.25, -0.2) is 0 Å². The summed E-state index contributed by atoms with van der Waals surface area (Å²) in [6.07, 6.45) is 3.06. The summed E-state index contributed by atoms with van der Waals surface area (Å²) in [6.45, 7) is 6.06. The van der Waals surface area contributed by atoms with Crippen molar-refractivity contribution >= 4 is 10.8 Å². The second-order valence-electron chi connectivity index (χ2n) is 4.80. The summed E-state index contributed by atoms with van der Waals surface area (Å²) >= 11 is 0. The topological polar surface area (TPSA) is 46.9 Å². The minimum absolute atomic E-state index is 0.521. The lowest BCUT2D eigenvalue weighted by atomic mass is 10.1. The van der Waals surface area contributed by atoms with Gasteiger partial charge in [-0.1, -0.05) is 6.92 Å². The van der Waals surface area contributed by atoms with E-state index < -0.39 is 10.8 Å². The number of rotatable bonds is 5. The van der Waals surface area contributed by atoms with Gasteiger partial charge in [0.2, 0.25) is 0 Å². The van der Waals surface area contributed by atoms with E-state index in [9.17, 15) is 4.21 Å². The molecule has 0 aliphatic carbocycles. The lowest BCUT2D eigenvalue weighted by Gasteiger charge is -2.22. The zero-order chi connectivity index (χ0) is 13.0. The fraction of sp³-hybridized carbons (Fsp3) is 0.769. The highest BCUT2D eigenvalue weighted by Gasteiger charge is 2.17. The van der Waals surface area contributed by atoms with Crippen molar-refractivity contribution in [3.8, 4) is 0 Å². The fourth-order valence-electron chi connectivity index (χ4n) is 2.35. The van der Waals surface area contributed by atoms with Crippen LogP contribution in [0.15, 0.2) is 6.07 Å². The average Bonchev–Trinajstić information content (AvgIpc) is 2.80. The van der Waals surface area contributed by atoms with Crippen molar-refractivity contribution in [1.29, 1.82) is 0 Å². The standard InChI is InChI=1S/C13H23N3OS/c1-3-11-9-13(16(4-2)15-11)10-14-12-5-7-18(17)8-6-12/h9,12,14H,3-8,10H2,1-2H3. The zero-order valence-electron chi connectivity index (χ0n) is 11.3. The third kappa shape index (κ3) is 3.42. The van der Waals surface area contributed by atoms with Crippen molar-refractivity contribution in [3.05, 3.63) is 17.5 Å². The van der Waals surface area contributed by atoms with E-state index in [1.54, 1.807) is 0 Å². The second kappa shape index (κ2) is 6.48. The summed E-state index contributed by atoms with van der Waals surface area (Å²) in [4.78, 5) is 0. The molecule has 102 valence electrons. The van der Waals surface area contributed by atoms with Crippen molar-refractivity contribution in [2.24, 2.45) is 0 Å². The maximum Gasteiger partial charge on any atom is 0.0625 e. The molecular weight excluding hydrogens is 246 g/mol. The maximum atomic E-state index is 11.3. The van der Waals surface area contributed by atoms with Gasteiger partial charge >= 0.3 is 0 Å². The molecule has 0 saturated carbocycles. The Hall–Kier alpha value is -0.680. The first-order chi connectivity index (χ1) is 8.72. The minimum Gasteiger partial charge on any atom is -0.308 e. The average molecular weight is 269 g/mol. The van der Waals surface area contributed by atoms with E-state index in [0.717, 1.165) is 43.9 Å². The van der Waals surface area contributed by atoms with Crippen molar-refractivity contribution in [1.82, 2.24) is 15.1 Å². The molecule has 18 heavy (non-hydrogen) atoms. The molecule has 2 rings (SSSR count). The molecule has 1 aromatic rings. The predicted molar refractivity (Wildman–Crippen MR) is 75.0 cm³/mol. The summed E-state index contributed by atoms with van der Waals surface area (Å²) in [6, 6.07) is 2.71. The predicted octanol–water partition coefficient (Wildman–Crippen LogP) is 1.47. The smallest absolute Gasteiger partial charge is 0.0625 e. The van der Waals surface area contributed by atoms with E-state index in [1.807, 2.05) is 0 Å². The molecule has 0 aromatic carbocycles. The largest absolute Gasteiger partial charge is 0.308 e. The molecule has 0 atom stereocenters. The first-order valence-corrected chi connectivity index (χ1v) is 8.35. The lowest BCUT2D eigenvalue weighted by Crippen LogP contribution is -2.35. The Labute approximate surface area is 112 Å². The van der Waals surface area contributed by atoms with E-state index in [0.29, 0.717) is 6.04 Å². The molecule has 1 N–H and O–H groups in total. The van der Waals surface area contributed by atoms with Crippen LogP contribution in [0.2, 0.25) is 0 Å². The Bertz CT molecular complexity index is 406. The van der Waals surface area contributed by atoms with Gasteiger partial charge in [0.05, 0.1) is 11.4 Å². The summed E-state index contributed by atoms with van der Waals surface area (Å²) in [5, 5.41) is 8.13. The van der Waals surface area contributed by atoms with Gasteiger partial charge in [-0.15, -0.1) is 0 Å². The lowest BCUT2D eigenvalue weighted by molar-refractivity contribution is 0.460. The third-order valence-electron chi connectivity index (χ3n) is 3.54. The van der Waals surface area contributed by atoms with Gasteiger partial charge in [0.1, 0.15) is 0 Å². The SMILES string of the molecule is CCc1cc(CNC2CCS(=O)CC2)n(CC)n1. The fourth-order valence-corrected chi connectivity index (χ4v) is 3.65. The number of aryl methyl sites for hydroxylation is 2. The maximum absolute atomic E-state index is 11.3. The molecule has 0 spiro atoms. The first-order valence-electron chi connectivity index (χ1n) is 6.86. The summed E-state index contributed by atoms with van der Waals surface area (Å²) in [5.41, 5.74) is 2.43. The second-order valence-corrected chi connectivity index (χ2v) is 6.50. The first kappa shape index (κ1) is 13.7. The van der Waals surface area contributed by atoms with Crippen molar-refractivity contribution in [2.75, 3.05) is 11.5 Å². The highest BCUT2D eigenvalue weighted by atomic mass is 32.2. The Morgan fingerprint density at radius 3 is 2.78 bits per heavy atom. The van der Waals surface area contributed by atoms with Gasteiger partial charge in [0.15, 0.2) is 0 Å². The number of aromatic nitrogens is 2. The van der Waals surface area contributed by atoms with Gasteiger partial charge in [0, 0.05) is 41.4 Å². The number of hydrogen-bond donors (Lipinski definition) is 1. The molecule has 0 bridgehead atoms. The Morgan fingerprint density at radius 1 is 1.44 bits per heavy atom. The Morgan fingerprint density at radius 2 is 2.17 bits per heavy atom. The molecule has 1 fully saturated rings. The minimum atomic E-state index is -0.570. The molecule has 0 radical (unpaired) electrons. The summed E-state index contributed by atoms with van der Waals surface area (Å²) in [5.74, 6) is 1.70. The van der Waals surface area contributed by atoms with Crippen LogP contribution in [0.1, 0.15) is 38.1 Å². The molecule has 2 heterocycles. The van der Waals surface area contributed by atoms with E-state index >= 15 is 0 Å². The van der Waals surface area contributed by atoms with Crippen molar-refractivity contribution < 1.29 is 4.21 Å². The highest BCUT2D eigenvalue weighted by Crippen LogP contribution is 2.11. The molecule has 1 saturated heterocycles. The van der Waals surface area contributed by atoms with Gasteiger partial charge < -0.3 is 5.32 Å². The van der Waals surface area contributed by atoms with E-state index in [4.69, 9.17) is 0 Å². The van der Waals surface area contributed by atoms with Crippen LogP contribution in [0.3, 0.4) is 0 Å². The number of hydrogen-bond acceptors (Lipinski definition) is 3. The highest BCUT2D eigenvalue weighted by molar-refractivity contribution is 7.85. The van der Waals surface area contributed by atoms with E-state index in [-0.39, 0.29) is 0 Å². The molecular formula is C13H23N3OS. The van der Waals surface area contributed by atoms with Crippen LogP contribution < -0.4 is 5.32 Å². The van der Waals surface area contributed by atoms with Gasteiger partial charge in [-0.2, -0.15) is 5.10 Å². The molecule has 5 heteroatoms. The molecule has 0 amide bonds. The van der Waals surface area contributed by atoms with Crippen molar-refractivity contribution in [2.45, 2.75) is 52.2 Å². The zero-order valence-corrected chi connectivity index (χ0v) is 12.1. The normalized spacial score (nSPS) is 24.3. The molecule has 1 aromatic heterocycles. The molecule has 1 aliphatic heterocycles. The summed E-state index contributed by atoms with van der Waals surface area (Å²) < 4.78 is 13.4. The van der Waals surface area contributed by atoms with E-state index in [2.05, 4.69) is 35.0 Å². The Balaban J connectivity index is 1.89. The quantitative estimate of drug-likeness (QED) is 0.880. The van der Waals surface area contributed by atoms with Gasteiger partial charge in [-0.05, 0) is 32.3 Å². The van der Waals surface area contributed by atoms with Crippen LogP contribution in [-0.2, 0) is 30.3 Å². The number of nitrogens with zero attached hydrogens (tertiary/aromatic N) is 2. The van der Waals surface area contributed by atoms with Crippen LogP contribution >= 0.6 is 0 Å². The van der Waals surface area contributed by atoms with Gasteiger partial charge in [0.25, 0.3) is 0 Å². The third-order valence-corrected chi connectivity index (χ3v) is 4.92. The van der Waals surface area contributed by atoms with Crippen LogP contribution in [0.5, 0.6) is 0 Å². The van der Waals surface area contributed by atoms with Crippen molar-refractivity contribution in [3.63, 3.8) is 0 Å². The van der Waals surface area contributed by atoms with Crippen LogP contribution in [0.25, 0.3) is 0 Å². The van der Waals surface area contributed by atoms with E-state index in [1.165, 1.54) is 11.4 Å². The molecule has 0 unspecified atom stereocenters. The monoisotopic (exact) mass is 269 g/mol. The summed E-state index contributed by atoms with van der Waals surface area (Å²) in [7, 11) is -0.570. The van der Waals surface area contributed by atoms with Gasteiger partial charge in [-0.3, -0.25) is 8.89 Å². The number of nitrogens with one attached hydrogen (secondary N) is 1. The van der Waals surface area contributed by atoms with Crippen LogP contribution in [-0.4, -0.2) is 31.5 Å². The molecule has 1 aliphatic rings. The Kier molecular flexibility index (Phi) is 4.95. The molecule has 4 nitrogen and oxygen atoms in total. The van der Waals surface area contributed by atoms with Crippen LogP contribution in [0, 0.1) is 0 Å². The van der Waals surface area contributed by atoms with Crippen LogP contribution in [0.4, 0.5) is 0 Å².